The van der Waals surface area contributed by atoms with Crippen molar-refractivity contribution < 1.29 is 9.59 Å². The number of hydrogen-bond acceptors (Lipinski definition) is 6. The summed E-state index contributed by atoms with van der Waals surface area (Å²) in [7, 11) is 0. The summed E-state index contributed by atoms with van der Waals surface area (Å²) < 4.78 is 0. The Morgan fingerprint density at radius 1 is 0.473 bits per heavy atom. The number of hydrogen-bond donors (Lipinski definition) is 2. The number of carbonyl (C=O) groups excluding carboxylic acids is 2. The Labute approximate surface area is 321 Å². The smallest absolute Gasteiger partial charge is 0.237 e. The standard InChI is InChI=1S/C47H46N6O2/c1-42(2)44(5)23-25-46(42,38-36(44)50-32-11-7-9-13-34(32)52-38)40(54)48-30-19-15-28(16-20-30)27-29-17-21-31(22-18-29)49-41(55)47-26-24-45(6,43(47,3)4)37-39(47)53-35-14-10-8-12-33(35)51-37/h7-22H,23-27H2,1-6H3,(H,48,54)(H,49,55). The zero-order valence-electron chi connectivity index (χ0n) is 32.4. The summed E-state index contributed by atoms with van der Waals surface area (Å²) in [5.41, 5.74) is 8.09. The summed E-state index contributed by atoms with van der Waals surface area (Å²) >= 11 is 0. The average molecular weight is 727 g/mol. The van der Waals surface area contributed by atoms with Crippen LogP contribution in [0, 0.1) is 10.8 Å². The van der Waals surface area contributed by atoms with E-state index in [1.165, 1.54) is 0 Å². The molecule has 4 aliphatic rings. The first-order valence-electron chi connectivity index (χ1n) is 19.6. The molecule has 4 bridgehead atoms. The minimum Gasteiger partial charge on any atom is -0.325 e. The third kappa shape index (κ3) is 4.17. The van der Waals surface area contributed by atoms with Crippen LogP contribution in [0.3, 0.4) is 0 Å². The first-order chi connectivity index (χ1) is 26.2. The second-order valence-electron chi connectivity index (χ2n) is 18.0. The summed E-state index contributed by atoms with van der Waals surface area (Å²) in [4.78, 5) is 49.2. The maximum Gasteiger partial charge on any atom is 0.237 e. The van der Waals surface area contributed by atoms with Crippen molar-refractivity contribution in [1.82, 2.24) is 19.9 Å². The summed E-state index contributed by atoms with van der Waals surface area (Å²) in [5.74, 6) is -0.0248. The SMILES string of the molecule is CC12CCC(C(=O)Nc3ccc(Cc4ccc(NC(=O)C56CCC(C)(c7nc8ccccc8nc75)C6(C)C)cc4)cc3)(c3nc4ccccc4nc31)C2(C)C. The van der Waals surface area contributed by atoms with E-state index in [4.69, 9.17) is 19.9 Å². The van der Waals surface area contributed by atoms with Crippen molar-refractivity contribution >= 4 is 45.3 Å². The van der Waals surface area contributed by atoms with Crippen LogP contribution in [-0.4, -0.2) is 31.8 Å². The van der Waals surface area contributed by atoms with E-state index in [1.54, 1.807) is 0 Å². The molecule has 2 heterocycles. The molecule has 276 valence electrons. The maximum atomic E-state index is 14.4. The van der Waals surface area contributed by atoms with Crippen LogP contribution < -0.4 is 10.6 Å². The first kappa shape index (κ1) is 34.0. The molecule has 4 atom stereocenters. The van der Waals surface area contributed by atoms with Crippen LogP contribution in [0.25, 0.3) is 22.1 Å². The molecule has 8 nitrogen and oxygen atoms in total. The van der Waals surface area contributed by atoms with Gasteiger partial charge in [0.2, 0.25) is 11.8 Å². The number of amides is 2. The van der Waals surface area contributed by atoms with Gasteiger partial charge in [-0.1, -0.05) is 90.1 Å². The van der Waals surface area contributed by atoms with Crippen LogP contribution in [-0.2, 0) is 37.7 Å². The molecular formula is C47H46N6O2. The van der Waals surface area contributed by atoms with E-state index in [2.05, 4.69) is 76.4 Å². The first-order valence-corrected chi connectivity index (χ1v) is 19.6. The highest BCUT2D eigenvalue weighted by Crippen LogP contribution is 2.71. The largest absolute Gasteiger partial charge is 0.325 e. The van der Waals surface area contributed by atoms with Gasteiger partial charge in [-0.3, -0.25) is 9.59 Å². The molecule has 4 aromatic carbocycles. The van der Waals surface area contributed by atoms with Crippen LogP contribution in [0.1, 0.15) is 101 Å². The Balaban J connectivity index is 0.851. The van der Waals surface area contributed by atoms with Crippen LogP contribution in [0.5, 0.6) is 0 Å². The van der Waals surface area contributed by atoms with Gasteiger partial charge in [-0.05, 0) is 103 Å². The number of benzene rings is 4. The number of fused-ring (bicyclic) bond motifs is 12. The molecule has 0 saturated heterocycles. The van der Waals surface area contributed by atoms with Crippen LogP contribution >= 0.6 is 0 Å². The molecule has 2 amide bonds. The van der Waals surface area contributed by atoms with Gasteiger partial charge in [0.1, 0.15) is 0 Å². The van der Waals surface area contributed by atoms with E-state index in [9.17, 15) is 9.59 Å². The van der Waals surface area contributed by atoms with Crippen LogP contribution in [0.2, 0.25) is 0 Å². The van der Waals surface area contributed by atoms with Gasteiger partial charge in [-0.25, -0.2) is 19.9 Å². The minimum absolute atomic E-state index is 0.0124. The Bertz CT molecular complexity index is 2440. The monoisotopic (exact) mass is 726 g/mol. The molecule has 4 unspecified atom stereocenters. The fourth-order valence-corrected chi connectivity index (χ4v) is 11.2. The van der Waals surface area contributed by atoms with E-state index in [0.29, 0.717) is 0 Å². The van der Waals surface area contributed by atoms with Gasteiger partial charge in [0.15, 0.2) is 0 Å². The van der Waals surface area contributed by atoms with Gasteiger partial charge in [0.25, 0.3) is 0 Å². The zero-order chi connectivity index (χ0) is 38.2. The molecule has 0 radical (unpaired) electrons. The number of nitrogens with one attached hydrogen (secondary N) is 2. The molecule has 2 N–H and O–H groups in total. The molecule has 10 rings (SSSR count). The maximum absolute atomic E-state index is 14.4. The third-order valence-electron chi connectivity index (χ3n) is 15.5. The lowest BCUT2D eigenvalue weighted by molar-refractivity contribution is -0.125. The number of para-hydroxylation sites is 4. The van der Waals surface area contributed by atoms with Gasteiger partial charge in [-0.2, -0.15) is 0 Å². The fourth-order valence-electron chi connectivity index (χ4n) is 11.2. The van der Waals surface area contributed by atoms with Gasteiger partial charge in [0.05, 0.1) is 55.7 Å². The predicted octanol–water partition coefficient (Wildman–Crippen LogP) is 9.10. The normalized spacial score (nSPS) is 27.6. The topological polar surface area (TPSA) is 110 Å². The molecule has 0 spiro atoms. The van der Waals surface area contributed by atoms with Crippen LogP contribution in [0.15, 0.2) is 97.1 Å². The molecule has 6 aromatic rings. The van der Waals surface area contributed by atoms with E-state index < -0.39 is 10.8 Å². The van der Waals surface area contributed by atoms with Gasteiger partial charge < -0.3 is 10.6 Å². The molecule has 2 fully saturated rings. The minimum atomic E-state index is -0.764. The summed E-state index contributed by atoms with van der Waals surface area (Å²) in [5, 5.41) is 6.56. The lowest BCUT2D eigenvalue weighted by Gasteiger charge is -2.39. The lowest BCUT2D eigenvalue weighted by atomic mass is 9.63. The van der Waals surface area contributed by atoms with Crippen molar-refractivity contribution in [3.8, 4) is 0 Å². The van der Waals surface area contributed by atoms with Crippen LogP contribution in [0.4, 0.5) is 11.4 Å². The summed E-state index contributed by atoms with van der Waals surface area (Å²) in [6.07, 6.45) is 4.00. The second kappa shape index (κ2) is 11.1. The number of carbonyl (C=O) groups is 2. The fraction of sp³-hybridized carbons (Fsp3) is 0.362. The molecule has 4 aliphatic carbocycles. The number of anilines is 2. The van der Waals surface area contributed by atoms with Crippen molar-refractivity contribution in [3.05, 3.63) is 131 Å². The van der Waals surface area contributed by atoms with E-state index >= 15 is 0 Å². The number of rotatable bonds is 6. The van der Waals surface area contributed by atoms with Crippen molar-refractivity contribution in [1.29, 1.82) is 0 Å². The highest BCUT2D eigenvalue weighted by Gasteiger charge is 2.74. The van der Waals surface area contributed by atoms with Crippen molar-refractivity contribution in [2.24, 2.45) is 10.8 Å². The van der Waals surface area contributed by atoms with E-state index in [0.717, 1.165) is 99.4 Å². The summed E-state index contributed by atoms with van der Waals surface area (Å²) in [6, 6.07) is 32.1. The predicted molar refractivity (Wildman–Crippen MR) is 216 cm³/mol. The Kier molecular flexibility index (Phi) is 6.84. The molecule has 2 saturated carbocycles. The average Bonchev–Trinajstić information content (AvgIpc) is 3.65. The van der Waals surface area contributed by atoms with Gasteiger partial charge in [0, 0.05) is 22.2 Å². The third-order valence-corrected chi connectivity index (χ3v) is 15.5. The second-order valence-corrected chi connectivity index (χ2v) is 18.0. The number of nitrogens with zero attached hydrogens (tertiary/aromatic N) is 4. The molecule has 2 aromatic heterocycles. The van der Waals surface area contributed by atoms with E-state index in [-0.39, 0.29) is 33.5 Å². The lowest BCUT2D eigenvalue weighted by Crippen LogP contribution is -2.48. The quantitative estimate of drug-likeness (QED) is 0.177. The van der Waals surface area contributed by atoms with Gasteiger partial charge in [-0.15, -0.1) is 0 Å². The van der Waals surface area contributed by atoms with Gasteiger partial charge >= 0.3 is 0 Å². The zero-order valence-corrected chi connectivity index (χ0v) is 32.4. The van der Waals surface area contributed by atoms with Crippen molar-refractivity contribution in [2.75, 3.05) is 10.6 Å². The summed E-state index contributed by atoms with van der Waals surface area (Å²) in [6.45, 7) is 13.3. The molecule has 0 aliphatic heterocycles. The molecular weight excluding hydrogens is 681 g/mol. The highest BCUT2D eigenvalue weighted by atomic mass is 16.2. The Hall–Kier alpha value is -5.50. The molecule has 55 heavy (non-hydrogen) atoms. The highest BCUT2D eigenvalue weighted by molar-refractivity contribution is 6.03. The Morgan fingerprint density at radius 3 is 1.15 bits per heavy atom. The molecule has 8 heteroatoms. The van der Waals surface area contributed by atoms with E-state index in [1.807, 2.05) is 72.8 Å². The van der Waals surface area contributed by atoms with Crippen molar-refractivity contribution in [2.45, 2.75) is 95.3 Å². The Morgan fingerprint density at radius 2 is 0.800 bits per heavy atom. The van der Waals surface area contributed by atoms with Crippen molar-refractivity contribution in [3.63, 3.8) is 0 Å². The number of aromatic nitrogens is 4.